The van der Waals surface area contributed by atoms with Gasteiger partial charge in [-0.1, -0.05) is 0 Å². The highest BCUT2D eigenvalue weighted by Crippen LogP contribution is 1.95. The summed E-state index contributed by atoms with van der Waals surface area (Å²) in [5, 5.41) is 0. The summed E-state index contributed by atoms with van der Waals surface area (Å²) < 4.78 is 5.17. The molecular formula is C8H16N2O. The first kappa shape index (κ1) is 10.4. The van der Waals surface area contributed by atoms with Crippen LogP contribution in [0.3, 0.4) is 0 Å². The smallest absolute Gasteiger partial charge is 0.0633 e. The first-order valence-electron chi connectivity index (χ1n) is 3.82. The lowest BCUT2D eigenvalue weighted by atomic mass is 10.2. The molecule has 1 unspecified atom stereocenters. The van der Waals surface area contributed by atoms with Crippen molar-refractivity contribution >= 4 is 0 Å². The van der Waals surface area contributed by atoms with E-state index >= 15 is 0 Å². The molecule has 0 radical (unpaired) electrons. The number of nitrogens with one attached hydrogen (secondary N) is 1. The van der Waals surface area contributed by atoms with Gasteiger partial charge in [-0.25, -0.2) is 0 Å². The molecule has 0 aliphatic carbocycles. The lowest BCUT2D eigenvalue weighted by Gasteiger charge is -2.13. The van der Waals surface area contributed by atoms with Crippen molar-refractivity contribution in [2.45, 2.75) is 25.8 Å². The molecule has 0 spiro atoms. The Morgan fingerprint density at radius 3 is 2.91 bits per heavy atom. The van der Waals surface area contributed by atoms with E-state index in [1.807, 2.05) is 6.92 Å². The second kappa shape index (κ2) is 7.55. The average molecular weight is 156 g/mol. The van der Waals surface area contributed by atoms with Crippen LogP contribution < -0.4 is 11.3 Å². The summed E-state index contributed by atoms with van der Waals surface area (Å²) in [5.74, 6) is 7.81. The van der Waals surface area contributed by atoms with Crippen LogP contribution in [-0.2, 0) is 4.74 Å². The molecule has 0 heterocycles. The van der Waals surface area contributed by atoms with E-state index in [1.165, 1.54) is 0 Å². The van der Waals surface area contributed by atoms with Crippen LogP contribution in [0.1, 0.15) is 19.8 Å². The Morgan fingerprint density at radius 2 is 2.45 bits per heavy atom. The summed E-state index contributed by atoms with van der Waals surface area (Å²) in [6, 6.07) is 0.186. The Hall–Kier alpha value is -0.560. The highest BCUT2D eigenvalue weighted by Gasteiger charge is 2.03. The zero-order valence-corrected chi connectivity index (χ0v) is 6.97. The van der Waals surface area contributed by atoms with Crippen LogP contribution in [-0.4, -0.2) is 19.3 Å². The van der Waals surface area contributed by atoms with Crippen molar-refractivity contribution in [1.29, 1.82) is 0 Å². The molecule has 0 saturated carbocycles. The third-order valence-corrected chi connectivity index (χ3v) is 1.40. The van der Waals surface area contributed by atoms with E-state index in [-0.39, 0.29) is 6.04 Å². The molecule has 11 heavy (non-hydrogen) atoms. The number of hydrazine groups is 1. The Morgan fingerprint density at radius 1 is 1.73 bits per heavy atom. The first-order chi connectivity index (χ1) is 5.35. The highest BCUT2D eigenvalue weighted by molar-refractivity contribution is 4.85. The molecule has 0 amide bonds. The monoisotopic (exact) mass is 156 g/mol. The zero-order chi connectivity index (χ0) is 8.53. The van der Waals surface area contributed by atoms with Crippen molar-refractivity contribution < 1.29 is 4.74 Å². The van der Waals surface area contributed by atoms with Gasteiger partial charge < -0.3 is 4.74 Å². The fourth-order valence-electron chi connectivity index (χ4n) is 0.732. The number of hydrogen-bond acceptors (Lipinski definition) is 3. The van der Waals surface area contributed by atoms with Crippen molar-refractivity contribution in [3.8, 4) is 12.3 Å². The van der Waals surface area contributed by atoms with E-state index in [0.717, 1.165) is 12.8 Å². The number of hydrogen-bond donors (Lipinski definition) is 2. The van der Waals surface area contributed by atoms with Gasteiger partial charge in [-0.3, -0.25) is 11.3 Å². The standard InChI is InChI=1S/C8H16N2O/c1-3-5-6-8(10-9)7-11-4-2/h1,8,10H,4-7,9H2,2H3. The summed E-state index contributed by atoms with van der Waals surface area (Å²) >= 11 is 0. The molecule has 3 heteroatoms. The van der Waals surface area contributed by atoms with Crippen molar-refractivity contribution in [3.05, 3.63) is 0 Å². The zero-order valence-electron chi connectivity index (χ0n) is 6.97. The summed E-state index contributed by atoms with van der Waals surface area (Å²) in [5.41, 5.74) is 2.65. The topological polar surface area (TPSA) is 47.3 Å². The fourth-order valence-corrected chi connectivity index (χ4v) is 0.732. The van der Waals surface area contributed by atoms with Crippen LogP contribution in [0.15, 0.2) is 0 Å². The van der Waals surface area contributed by atoms with E-state index in [4.69, 9.17) is 17.0 Å². The van der Waals surface area contributed by atoms with Crippen molar-refractivity contribution in [2.75, 3.05) is 13.2 Å². The molecule has 0 saturated heterocycles. The van der Waals surface area contributed by atoms with Crippen LogP contribution in [0, 0.1) is 12.3 Å². The molecule has 0 aromatic rings. The molecule has 1 atom stereocenters. The van der Waals surface area contributed by atoms with Gasteiger partial charge in [0.2, 0.25) is 0 Å². The Kier molecular flexibility index (Phi) is 7.16. The minimum absolute atomic E-state index is 0.186. The third-order valence-electron chi connectivity index (χ3n) is 1.40. The molecule has 3 N–H and O–H groups in total. The van der Waals surface area contributed by atoms with Crippen molar-refractivity contribution in [2.24, 2.45) is 5.84 Å². The molecular weight excluding hydrogens is 140 g/mol. The van der Waals surface area contributed by atoms with E-state index in [9.17, 15) is 0 Å². The minimum atomic E-state index is 0.186. The van der Waals surface area contributed by atoms with Gasteiger partial charge >= 0.3 is 0 Å². The Bertz CT molecular complexity index is 120. The lowest BCUT2D eigenvalue weighted by Crippen LogP contribution is -2.38. The molecule has 0 bridgehead atoms. The lowest BCUT2D eigenvalue weighted by molar-refractivity contribution is 0.120. The third kappa shape index (κ3) is 5.86. The second-order valence-electron chi connectivity index (χ2n) is 2.27. The van der Waals surface area contributed by atoms with Crippen LogP contribution in [0.4, 0.5) is 0 Å². The number of rotatable bonds is 6. The van der Waals surface area contributed by atoms with Gasteiger partial charge in [0.1, 0.15) is 0 Å². The maximum absolute atomic E-state index is 5.26. The van der Waals surface area contributed by atoms with Gasteiger partial charge in [0, 0.05) is 19.1 Å². The van der Waals surface area contributed by atoms with Gasteiger partial charge in [-0.05, 0) is 13.3 Å². The van der Waals surface area contributed by atoms with E-state index in [1.54, 1.807) is 0 Å². The van der Waals surface area contributed by atoms with Crippen LogP contribution in [0.2, 0.25) is 0 Å². The first-order valence-corrected chi connectivity index (χ1v) is 3.82. The largest absolute Gasteiger partial charge is 0.380 e. The summed E-state index contributed by atoms with van der Waals surface area (Å²) in [7, 11) is 0. The van der Waals surface area contributed by atoms with E-state index < -0.39 is 0 Å². The molecule has 64 valence electrons. The van der Waals surface area contributed by atoms with Crippen LogP contribution >= 0.6 is 0 Å². The molecule has 0 aliphatic rings. The minimum Gasteiger partial charge on any atom is -0.380 e. The second-order valence-corrected chi connectivity index (χ2v) is 2.27. The summed E-state index contributed by atoms with van der Waals surface area (Å²) in [4.78, 5) is 0. The molecule has 0 aromatic carbocycles. The van der Waals surface area contributed by atoms with Crippen LogP contribution in [0.5, 0.6) is 0 Å². The predicted molar refractivity (Wildman–Crippen MR) is 45.7 cm³/mol. The number of nitrogens with two attached hydrogens (primary N) is 1. The van der Waals surface area contributed by atoms with Crippen molar-refractivity contribution in [3.63, 3.8) is 0 Å². The quantitative estimate of drug-likeness (QED) is 0.329. The SMILES string of the molecule is C#CCCC(COCC)NN. The van der Waals surface area contributed by atoms with Gasteiger partial charge in [-0.2, -0.15) is 0 Å². The van der Waals surface area contributed by atoms with Gasteiger partial charge in [-0.15, -0.1) is 12.3 Å². The van der Waals surface area contributed by atoms with E-state index in [0.29, 0.717) is 13.2 Å². The average Bonchev–Trinajstić information content (AvgIpc) is 2.05. The molecule has 0 rings (SSSR count). The molecule has 0 fully saturated rings. The van der Waals surface area contributed by atoms with E-state index in [2.05, 4.69) is 11.3 Å². The number of terminal acetylenes is 1. The predicted octanol–water partition coefficient (Wildman–Crippen LogP) is 0.268. The highest BCUT2D eigenvalue weighted by atomic mass is 16.5. The van der Waals surface area contributed by atoms with Crippen LogP contribution in [0.25, 0.3) is 0 Å². The van der Waals surface area contributed by atoms with Gasteiger partial charge in [0.15, 0.2) is 0 Å². The maximum atomic E-state index is 5.26. The van der Waals surface area contributed by atoms with Crippen molar-refractivity contribution in [1.82, 2.24) is 5.43 Å². The molecule has 0 aliphatic heterocycles. The molecule has 3 nitrogen and oxygen atoms in total. The fraction of sp³-hybridized carbons (Fsp3) is 0.750. The Balaban J connectivity index is 3.34. The van der Waals surface area contributed by atoms with Gasteiger partial charge in [0.25, 0.3) is 0 Å². The normalized spacial score (nSPS) is 12.5. The molecule has 0 aromatic heterocycles. The van der Waals surface area contributed by atoms with Gasteiger partial charge in [0.05, 0.1) is 6.61 Å². The Labute approximate surface area is 68.3 Å². The maximum Gasteiger partial charge on any atom is 0.0633 e. The summed E-state index contributed by atoms with van der Waals surface area (Å²) in [6.45, 7) is 3.30. The summed E-state index contributed by atoms with van der Waals surface area (Å²) in [6.07, 6.45) is 6.71. The number of ether oxygens (including phenoxy) is 1.